The van der Waals surface area contributed by atoms with Crippen molar-refractivity contribution in [2.24, 2.45) is 0 Å². The van der Waals surface area contributed by atoms with E-state index in [1.807, 2.05) is 0 Å². The molecule has 2 N–H and O–H groups in total. The maximum atomic E-state index is 11.5. The lowest BCUT2D eigenvalue weighted by Gasteiger charge is -2.14. The minimum Gasteiger partial charge on any atom is -0.493 e. The lowest BCUT2D eigenvalue weighted by atomic mass is 10.2. The van der Waals surface area contributed by atoms with Crippen LogP contribution in [-0.4, -0.2) is 45.0 Å². The highest BCUT2D eigenvalue weighted by molar-refractivity contribution is 6.30. The van der Waals surface area contributed by atoms with E-state index in [0.29, 0.717) is 35.2 Å². The van der Waals surface area contributed by atoms with Crippen molar-refractivity contribution in [3.8, 4) is 11.5 Å². The van der Waals surface area contributed by atoms with E-state index < -0.39 is 0 Å². The molecule has 0 aliphatic carbocycles. The molecule has 0 saturated heterocycles. The Morgan fingerprint density at radius 3 is 2.75 bits per heavy atom. The molecule has 0 aliphatic heterocycles. The van der Waals surface area contributed by atoms with Gasteiger partial charge in [0.25, 0.3) is 5.91 Å². The van der Waals surface area contributed by atoms with Gasteiger partial charge in [0.2, 0.25) is 0 Å². The van der Waals surface area contributed by atoms with Crippen molar-refractivity contribution in [2.75, 3.05) is 34.0 Å². The van der Waals surface area contributed by atoms with Crippen molar-refractivity contribution in [3.63, 3.8) is 0 Å². The molecular weight excluding hydrogens is 286 g/mol. The van der Waals surface area contributed by atoms with Crippen molar-refractivity contribution in [2.45, 2.75) is 6.61 Å². The van der Waals surface area contributed by atoms with Crippen LogP contribution >= 0.6 is 11.6 Å². The van der Waals surface area contributed by atoms with Crippen LogP contribution in [0.5, 0.6) is 11.5 Å². The van der Waals surface area contributed by atoms with E-state index in [-0.39, 0.29) is 19.1 Å². The van der Waals surface area contributed by atoms with Crippen LogP contribution in [0.4, 0.5) is 0 Å². The third kappa shape index (κ3) is 4.88. The normalized spacial score (nSPS) is 10.2. The van der Waals surface area contributed by atoms with Crippen molar-refractivity contribution in [3.05, 3.63) is 22.7 Å². The molecule has 0 unspecified atom stereocenters. The number of halogens is 1. The topological polar surface area (TPSA) is 77.0 Å². The van der Waals surface area contributed by atoms with Crippen LogP contribution in [0.25, 0.3) is 0 Å². The van der Waals surface area contributed by atoms with E-state index in [9.17, 15) is 9.90 Å². The van der Waals surface area contributed by atoms with Gasteiger partial charge in [-0.1, -0.05) is 11.6 Å². The van der Waals surface area contributed by atoms with Gasteiger partial charge in [0.1, 0.15) is 0 Å². The molecule has 0 saturated carbocycles. The number of carbonyl (C=O) groups excluding carboxylic acids is 1. The number of aliphatic hydroxyl groups is 1. The van der Waals surface area contributed by atoms with Crippen molar-refractivity contribution in [1.29, 1.82) is 0 Å². The Bertz CT molecular complexity index is 427. The molecule has 112 valence electrons. The molecule has 0 aromatic heterocycles. The van der Waals surface area contributed by atoms with Gasteiger partial charge in [-0.15, -0.1) is 0 Å². The Morgan fingerprint density at radius 1 is 1.40 bits per heavy atom. The van der Waals surface area contributed by atoms with Crippen molar-refractivity contribution in [1.82, 2.24) is 5.32 Å². The zero-order valence-corrected chi connectivity index (χ0v) is 12.2. The average molecular weight is 304 g/mol. The van der Waals surface area contributed by atoms with Crippen LogP contribution in [0.3, 0.4) is 0 Å². The molecule has 0 radical (unpaired) electrons. The zero-order valence-electron chi connectivity index (χ0n) is 11.4. The van der Waals surface area contributed by atoms with Gasteiger partial charge in [-0.25, -0.2) is 0 Å². The van der Waals surface area contributed by atoms with Crippen molar-refractivity contribution >= 4 is 17.5 Å². The minimum absolute atomic E-state index is 0.186. The molecule has 1 rings (SSSR count). The highest BCUT2D eigenvalue weighted by Gasteiger charge is 2.13. The van der Waals surface area contributed by atoms with Gasteiger partial charge in [0.05, 0.1) is 20.3 Å². The third-order valence-electron chi connectivity index (χ3n) is 2.46. The van der Waals surface area contributed by atoms with Crippen LogP contribution in [0.2, 0.25) is 5.02 Å². The van der Waals surface area contributed by atoms with E-state index in [1.165, 1.54) is 7.11 Å². The number of hydrogen-bond acceptors (Lipinski definition) is 5. The molecule has 0 aliphatic rings. The van der Waals surface area contributed by atoms with Gasteiger partial charge >= 0.3 is 0 Å². The lowest BCUT2D eigenvalue weighted by Crippen LogP contribution is -2.31. The second-order valence-electron chi connectivity index (χ2n) is 3.89. The van der Waals surface area contributed by atoms with Gasteiger partial charge < -0.3 is 24.6 Å². The number of nitrogens with one attached hydrogen (secondary N) is 1. The van der Waals surface area contributed by atoms with E-state index >= 15 is 0 Å². The van der Waals surface area contributed by atoms with Crippen LogP contribution in [0, 0.1) is 0 Å². The number of rotatable bonds is 8. The Labute approximate surface area is 122 Å². The molecule has 1 aromatic carbocycles. The van der Waals surface area contributed by atoms with Crippen LogP contribution in [-0.2, 0) is 16.1 Å². The van der Waals surface area contributed by atoms with Gasteiger partial charge in [0.15, 0.2) is 18.1 Å². The van der Waals surface area contributed by atoms with E-state index in [0.717, 1.165) is 0 Å². The molecule has 0 spiro atoms. The monoisotopic (exact) mass is 303 g/mol. The molecule has 7 heteroatoms. The number of amides is 1. The summed E-state index contributed by atoms with van der Waals surface area (Å²) < 4.78 is 15.3. The highest BCUT2D eigenvalue weighted by atomic mass is 35.5. The summed E-state index contributed by atoms with van der Waals surface area (Å²) in [5.74, 6) is 0.385. The predicted molar refractivity (Wildman–Crippen MR) is 74.3 cm³/mol. The van der Waals surface area contributed by atoms with Gasteiger partial charge in [-0.05, 0) is 6.07 Å². The summed E-state index contributed by atoms with van der Waals surface area (Å²) >= 11 is 5.89. The molecule has 0 atom stereocenters. The molecule has 20 heavy (non-hydrogen) atoms. The van der Waals surface area contributed by atoms with Crippen LogP contribution in [0.15, 0.2) is 12.1 Å². The first-order valence-electron chi connectivity index (χ1n) is 5.98. The first-order valence-corrected chi connectivity index (χ1v) is 6.35. The lowest BCUT2D eigenvalue weighted by molar-refractivity contribution is -0.123. The Kier molecular flexibility index (Phi) is 7.14. The molecule has 0 fully saturated rings. The second kappa shape index (κ2) is 8.63. The number of methoxy groups -OCH3 is 2. The quantitative estimate of drug-likeness (QED) is 0.700. The minimum atomic E-state index is -0.289. The largest absolute Gasteiger partial charge is 0.493 e. The van der Waals surface area contributed by atoms with Crippen LogP contribution < -0.4 is 14.8 Å². The SMILES string of the molecule is COCCNC(=O)COc1c(CO)cc(Cl)cc1OC. The van der Waals surface area contributed by atoms with Gasteiger partial charge in [-0.3, -0.25) is 4.79 Å². The Morgan fingerprint density at radius 2 is 2.15 bits per heavy atom. The first kappa shape index (κ1) is 16.6. The third-order valence-corrected chi connectivity index (χ3v) is 2.68. The number of hydrogen-bond donors (Lipinski definition) is 2. The molecule has 0 heterocycles. The van der Waals surface area contributed by atoms with E-state index in [2.05, 4.69) is 5.32 Å². The molecule has 1 amide bonds. The predicted octanol–water partition coefficient (Wildman–Crippen LogP) is 0.982. The highest BCUT2D eigenvalue weighted by Crippen LogP contribution is 2.34. The average Bonchev–Trinajstić information content (AvgIpc) is 2.45. The maximum Gasteiger partial charge on any atom is 0.258 e. The van der Waals surface area contributed by atoms with Crippen LogP contribution in [0.1, 0.15) is 5.56 Å². The van der Waals surface area contributed by atoms with Gasteiger partial charge in [0, 0.05) is 30.3 Å². The summed E-state index contributed by atoms with van der Waals surface area (Å²) in [4.78, 5) is 11.5. The maximum absolute atomic E-state index is 11.5. The Balaban J connectivity index is 2.69. The fraction of sp³-hybridized carbons (Fsp3) is 0.462. The summed E-state index contributed by atoms with van der Waals surface area (Å²) in [6, 6.07) is 3.11. The number of carbonyl (C=O) groups is 1. The molecule has 0 bridgehead atoms. The fourth-order valence-electron chi connectivity index (χ4n) is 1.54. The van der Waals surface area contributed by atoms with E-state index in [1.54, 1.807) is 19.2 Å². The Hall–Kier alpha value is -1.50. The number of benzene rings is 1. The first-order chi connectivity index (χ1) is 9.62. The smallest absolute Gasteiger partial charge is 0.258 e. The van der Waals surface area contributed by atoms with E-state index in [4.69, 9.17) is 25.8 Å². The number of aliphatic hydroxyl groups excluding tert-OH is 1. The summed E-state index contributed by atoms with van der Waals surface area (Å²) in [5.41, 5.74) is 0.457. The molecule has 1 aromatic rings. The summed E-state index contributed by atoms with van der Waals surface area (Å²) in [7, 11) is 3.01. The summed E-state index contributed by atoms with van der Waals surface area (Å²) in [5, 5.41) is 12.3. The molecular formula is C13H18ClNO5. The molecule has 6 nitrogen and oxygen atoms in total. The summed E-state index contributed by atoms with van der Waals surface area (Å²) in [6.45, 7) is 0.382. The van der Waals surface area contributed by atoms with Gasteiger partial charge in [-0.2, -0.15) is 0 Å². The zero-order chi connectivity index (χ0) is 15.0. The standard InChI is InChI=1S/C13H18ClNO5/c1-18-4-3-15-12(17)8-20-13-9(7-16)5-10(14)6-11(13)19-2/h5-6,16H,3-4,7-8H2,1-2H3,(H,15,17). The summed E-state index contributed by atoms with van der Waals surface area (Å²) in [6.07, 6.45) is 0. The second-order valence-corrected chi connectivity index (χ2v) is 4.32. The fourth-order valence-corrected chi connectivity index (χ4v) is 1.77. The number of ether oxygens (including phenoxy) is 3. The van der Waals surface area contributed by atoms with Crippen molar-refractivity contribution < 1.29 is 24.1 Å².